The normalized spacial score (nSPS) is 32.7. The Morgan fingerprint density at radius 3 is 2.62 bits per heavy atom. The van der Waals surface area contributed by atoms with Gasteiger partial charge in [0.25, 0.3) is 0 Å². The van der Waals surface area contributed by atoms with Gasteiger partial charge in [-0.05, 0) is 37.2 Å². The Labute approximate surface area is 206 Å². The molecule has 7 nitrogen and oxygen atoms in total. The summed E-state index contributed by atoms with van der Waals surface area (Å²) in [5.41, 5.74) is 0.975. The first-order chi connectivity index (χ1) is 16.3. The third kappa shape index (κ3) is 4.02. The number of ether oxygens (including phenoxy) is 1. The Bertz CT molecular complexity index is 925. The fourth-order valence-corrected chi connectivity index (χ4v) is 8.76. The predicted octanol–water partition coefficient (Wildman–Crippen LogP) is 2.61. The number of likely N-dealkylation sites (tertiary alicyclic amines) is 1. The maximum Gasteiger partial charge on any atom is 0.310 e. The Kier molecular flexibility index (Phi) is 7.29. The quantitative estimate of drug-likeness (QED) is 0.519. The fraction of sp³-hybridized carbons (Fsp3) is 0.654. The number of hydrogen-bond acceptors (Lipinski definition) is 6. The summed E-state index contributed by atoms with van der Waals surface area (Å²) in [6.07, 6.45) is 1.35. The zero-order valence-corrected chi connectivity index (χ0v) is 21.2. The molecular weight excluding hydrogens is 452 g/mol. The lowest BCUT2D eigenvalue weighted by atomic mass is 9.66. The molecule has 8 heteroatoms. The van der Waals surface area contributed by atoms with Gasteiger partial charge in [0.05, 0.1) is 35.8 Å². The minimum Gasteiger partial charge on any atom is -0.466 e. The third-order valence-corrected chi connectivity index (χ3v) is 9.72. The first-order valence-corrected chi connectivity index (χ1v) is 13.2. The summed E-state index contributed by atoms with van der Waals surface area (Å²) in [4.78, 5) is 42.5. The van der Waals surface area contributed by atoms with Crippen LogP contribution in [0.5, 0.6) is 0 Å². The zero-order chi connectivity index (χ0) is 24.6. The van der Waals surface area contributed by atoms with Gasteiger partial charge in [0.1, 0.15) is 6.04 Å². The number of aliphatic hydroxyl groups is 1. The molecule has 1 spiro atoms. The molecule has 2 bridgehead atoms. The van der Waals surface area contributed by atoms with Gasteiger partial charge in [0.2, 0.25) is 11.8 Å². The molecule has 2 amide bonds. The molecule has 186 valence electrons. The second-order valence-electron chi connectivity index (χ2n) is 10.2. The zero-order valence-electron chi connectivity index (χ0n) is 20.4. The second kappa shape index (κ2) is 9.90. The highest BCUT2D eigenvalue weighted by molar-refractivity contribution is 8.02. The Morgan fingerprint density at radius 1 is 1.29 bits per heavy atom. The molecule has 34 heavy (non-hydrogen) atoms. The number of carbonyl (C=O) groups is 3. The number of esters is 1. The van der Waals surface area contributed by atoms with Crippen LogP contribution in [0.1, 0.15) is 46.1 Å². The molecule has 1 aromatic rings. The van der Waals surface area contributed by atoms with Crippen molar-refractivity contribution in [2.45, 2.75) is 69.2 Å². The summed E-state index contributed by atoms with van der Waals surface area (Å²) in [5, 5.41) is 13.3. The van der Waals surface area contributed by atoms with Gasteiger partial charge in [-0.3, -0.25) is 14.4 Å². The van der Waals surface area contributed by atoms with E-state index in [9.17, 15) is 19.5 Å². The van der Waals surface area contributed by atoms with Crippen LogP contribution in [0.2, 0.25) is 0 Å². The molecule has 3 fully saturated rings. The molecule has 0 aromatic heterocycles. The van der Waals surface area contributed by atoms with Crippen LogP contribution in [0.25, 0.3) is 0 Å². The van der Waals surface area contributed by atoms with Crippen molar-refractivity contribution < 1.29 is 24.2 Å². The third-order valence-electron chi connectivity index (χ3n) is 7.65. The van der Waals surface area contributed by atoms with E-state index in [1.54, 1.807) is 23.6 Å². The van der Waals surface area contributed by atoms with Crippen LogP contribution in [0.3, 0.4) is 0 Å². The predicted molar refractivity (Wildman–Crippen MR) is 131 cm³/mol. The van der Waals surface area contributed by atoms with Gasteiger partial charge in [-0.25, -0.2) is 0 Å². The van der Waals surface area contributed by atoms with Gasteiger partial charge in [-0.2, -0.15) is 0 Å². The molecule has 7 atom stereocenters. The first-order valence-electron chi connectivity index (χ1n) is 12.3. The van der Waals surface area contributed by atoms with Gasteiger partial charge in [-0.1, -0.05) is 51.1 Å². The molecule has 0 aliphatic carbocycles. The topological polar surface area (TPSA) is 95.9 Å². The first kappa shape index (κ1) is 25.0. The van der Waals surface area contributed by atoms with Gasteiger partial charge >= 0.3 is 5.97 Å². The molecule has 3 aliphatic rings. The molecule has 2 N–H and O–H groups in total. The number of fused-ring (bicyclic) bond motifs is 1. The standard InChI is InChI=1S/C26H36N2O5S/c1-5-33-25(32)20-19-12-16(4)26(34-19)21(20)24(31)28(18(14-29)11-15(2)3)22(26)23(30)27-13-17-9-7-6-8-10-17/h6-10,15-16,18-22,29H,5,11-14H2,1-4H3,(H,27,30)/t16?,18-,19+,20-,21+,22?,26?/m1/s1. The highest BCUT2D eigenvalue weighted by Crippen LogP contribution is 2.69. The van der Waals surface area contributed by atoms with Gasteiger partial charge in [-0.15, -0.1) is 11.8 Å². The van der Waals surface area contributed by atoms with E-state index >= 15 is 0 Å². The van der Waals surface area contributed by atoms with Crippen molar-refractivity contribution in [1.29, 1.82) is 0 Å². The molecule has 0 saturated carbocycles. The van der Waals surface area contributed by atoms with Crippen molar-refractivity contribution in [2.24, 2.45) is 23.7 Å². The summed E-state index contributed by atoms with van der Waals surface area (Å²) >= 11 is 1.63. The van der Waals surface area contributed by atoms with E-state index in [1.165, 1.54) is 0 Å². The van der Waals surface area contributed by atoms with Crippen LogP contribution < -0.4 is 5.32 Å². The summed E-state index contributed by atoms with van der Waals surface area (Å²) in [6.45, 7) is 8.33. The highest BCUT2D eigenvalue weighted by atomic mass is 32.2. The van der Waals surface area contributed by atoms with E-state index in [1.807, 2.05) is 44.2 Å². The van der Waals surface area contributed by atoms with Crippen molar-refractivity contribution in [2.75, 3.05) is 13.2 Å². The van der Waals surface area contributed by atoms with Crippen molar-refractivity contribution in [3.8, 4) is 0 Å². The molecule has 4 rings (SSSR count). The number of benzene rings is 1. The molecule has 3 unspecified atom stereocenters. The smallest absolute Gasteiger partial charge is 0.310 e. The molecule has 3 heterocycles. The number of nitrogens with one attached hydrogen (secondary N) is 1. The number of amides is 2. The number of rotatable bonds is 9. The van der Waals surface area contributed by atoms with Crippen LogP contribution in [-0.2, 0) is 25.7 Å². The Balaban J connectivity index is 1.72. The Hall–Kier alpha value is -2.06. The lowest BCUT2D eigenvalue weighted by Crippen LogP contribution is -2.58. The van der Waals surface area contributed by atoms with Crippen LogP contribution in [0, 0.1) is 23.7 Å². The van der Waals surface area contributed by atoms with Crippen molar-refractivity contribution in [3.05, 3.63) is 35.9 Å². The van der Waals surface area contributed by atoms with Crippen molar-refractivity contribution >= 4 is 29.5 Å². The van der Waals surface area contributed by atoms with Gasteiger partial charge in [0, 0.05) is 11.8 Å². The van der Waals surface area contributed by atoms with E-state index < -0.39 is 28.7 Å². The number of carbonyl (C=O) groups excluding carboxylic acids is 3. The Morgan fingerprint density at radius 2 is 2.00 bits per heavy atom. The molecule has 1 aromatic carbocycles. The van der Waals surface area contributed by atoms with Crippen molar-refractivity contribution in [1.82, 2.24) is 10.2 Å². The molecule has 3 saturated heterocycles. The van der Waals surface area contributed by atoms with E-state index in [2.05, 4.69) is 12.2 Å². The van der Waals surface area contributed by atoms with E-state index in [4.69, 9.17) is 4.74 Å². The van der Waals surface area contributed by atoms with Gasteiger partial charge < -0.3 is 20.1 Å². The lowest BCUT2D eigenvalue weighted by molar-refractivity contribution is -0.154. The number of hydrogen-bond donors (Lipinski definition) is 2. The summed E-state index contributed by atoms with van der Waals surface area (Å²) in [7, 11) is 0. The fourth-order valence-electron chi connectivity index (χ4n) is 6.36. The van der Waals surface area contributed by atoms with E-state index in [0.29, 0.717) is 13.0 Å². The average molecular weight is 489 g/mol. The lowest BCUT2D eigenvalue weighted by Gasteiger charge is -2.40. The maximum absolute atomic E-state index is 14.0. The number of nitrogens with zero attached hydrogens (tertiary/aromatic N) is 1. The minimum absolute atomic E-state index is 0.0350. The SMILES string of the molecule is CCOC(=O)[C@@H]1[C@@H]2CC(C)C3(S2)C(C(=O)NCc2ccccc2)N([C@@H](CO)CC(C)C)C(=O)[C@H]13. The average Bonchev–Trinajstić information content (AvgIpc) is 3.40. The molecular formula is C26H36N2O5S. The summed E-state index contributed by atoms with van der Waals surface area (Å²) < 4.78 is 4.68. The number of thioether (sulfide) groups is 1. The highest BCUT2D eigenvalue weighted by Gasteiger charge is 2.76. The maximum atomic E-state index is 14.0. The summed E-state index contributed by atoms with van der Waals surface area (Å²) in [5.74, 6) is -1.61. The second-order valence-corrected chi connectivity index (χ2v) is 11.8. The monoisotopic (exact) mass is 488 g/mol. The van der Waals surface area contributed by atoms with Gasteiger partial charge in [0.15, 0.2) is 0 Å². The molecule has 3 aliphatic heterocycles. The minimum atomic E-state index is -0.742. The van der Waals surface area contributed by atoms with E-state index in [-0.39, 0.29) is 48.1 Å². The van der Waals surface area contributed by atoms with Crippen LogP contribution >= 0.6 is 11.8 Å². The molecule has 0 radical (unpaired) electrons. The van der Waals surface area contributed by atoms with Crippen LogP contribution in [0.15, 0.2) is 30.3 Å². The van der Waals surface area contributed by atoms with Crippen molar-refractivity contribution in [3.63, 3.8) is 0 Å². The number of aliphatic hydroxyl groups excluding tert-OH is 1. The van der Waals surface area contributed by atoms with E-state index in [0.717, 1.165) is 12.0 Å². The summed E-state index contributed by atoms with van der Waals surface area (Å²) in [6, 6.07) is 8.45. The largest absolute Gasteiger partial charge is 0.466 e. The van der Waals surface area contributed by atoms with Crippen LogP contribution in [-0.4, -0.2) is 63.1 Å². The van der Waals surface area contributed by atoms with Crippen LogP contribution in [0.4, 0.5) is 0 Å².